The summed E-state index contributed by atoms with van der Waals surface area (Å²) < 4.78 is 98.3. The largest absolute Gasteiger partial charge is 0.573 e. The van der Waals surface area contributed by atoms with Crippen LogP contribution in [0, 0.1) is 41.0 Å². The zero-order chi connectivity index (χ0) is 23.9. The van der Waals surface area contributed by atoms with Gasteiger partial charge in [0.25, 0.3) is 0 Å². The summed E-state index contributed by atoms with van der Waals surface area (Å²) in [5.41, 5.74) is -0.765. The third-order valence-electron chi connectivity index (χ3n) is 7.03. The molecular formula is C25H23F7O. The van der Waals surface area contributed by atoms with Gasteiger partial charge < -0.3 is 4.74 Å². The third kappa shape index (κ3) is 5.04. The van der Waals surface area contributed by atoms with Crippen molar-refractivity contribution in [3.8, 4) is 16.9 Å². The molecule has 0 N–H and O–H groups in total. The number of rotatable bonds is 4. The summed E-state index contributed by atoms with van der Waals surface area (Å²) in [7, 11) is 0. The number of hydrogen-bond donors (Lipinski definition) is 0. The van der Waals surface area contributed by atoms with E-state index in [1.165, 1.54) is 0 Å². The van der Waals surface area contributed by atoms with Crippen LogP contribution in [0.4, 0.5) is 30.7 Å². The maximum absolute atomic E-state index is 14.9. The molecule has 2 fully saturated rings. The van der Waals surface area contributed by atoms with Gasteiger partial charge in [-0.2, -0.15) is 0 Å². The van der Waals surface area contributed by atoms with E-state index < -0.39 is 46.5 Å². The van der Waals surface area contributed by atoms with E-state index in [0.717, 1.165) is 50.7 Å². The van der Waals surface area contributed by atoms with Gasteiger partial charge in [0, 0.05) is 0 Å². The molecule has 33 heavy (non-hydrogen) atoms. The molecule has 178 valence electrons. The minimum atomic E-state index is -5.31. The zero-order valence-electron chi connectivity index (χ0n) is 17.7. The summed E-state index contributed by atoms with van der Waals surface area (Å²) in [5, 5.41) is 0. The number of alkyl halides is 3. The molecule has 0 aromatic heterocycles. The van der Waals surface area contributed by atoms with Crippen molar-refractivity contribution in [2.24, 2.45) is 17.8 Å². The zero-order valence-corrected chi connectivity index (χ0v) is 17.7. The van der Waals surface area contributed by atoms with Gasteiger partial charge in [0.15, 0.2) is 11.6 Å². The quantitative estimate of drug-likeness (QED) is 0.321. The Kier molecular flexibility index (Phi) is 6.47. The van der Waals surface area contributed by atoms with Gasteiger partial charge in [-0.15, -0.1) is 19.8 Å². The Labute approximate surface area is 187 Å². The SMILES string of the molecule is C=CC1CCC2CC(c3cc(F)c(-c4cc(F)c(OC(F)(F)F)c(F)c4)c(F)c3)CCC2C1. The molecule has 0 amide bonds. The molecule has 0 spiro atoms. The van der Waals surface area contributed by atoms with Gasteiger partial charge in [-0.05, 0) is 97.6 Å². The summed E-state index contributed by atoms with van der Waals surface area (Å²) >= 11 is 0. The second-order valence-electron chi connectivity index (χ2n) is 9.02. The fourth-order valence-corrected chi connectivity index (χ4v) is 5.46. The standard InChI is InChI=1S/C25H23F7O/c1-2-13-3-4-15-8-16(6-5-14(15)7-13)17-9-19(26)23(20(27)10-17)18-11-21(28)24(22(29)12-18)33-25(30,31)32/h2,9-16H,1,3-8H2. The van der Waals surface area contributed by atoms with Crippen molar-refractivity contribution in [2.45, 2.75) is 50.8 Å². The van der Waals surface area contributed by atoms with Crippen molar-refractivity contribution >= 4 is 0 Å². The number of fused-ring (bicyclic) bond motifs is 1. The Bertz CT molecular complexity index is 1000. The molecule has 2 saturated carbocycles. The average molecular weight is 472 g/mol. The molecular weight excluding hydrogens is 449 g/mol. The Morgan fingerprint density at radius 1 is 0.788 bits per heavy atom. The highest BCUT2D eigenvalue weighted by molar-refractivity contribution is 5.66. The van der Waals surface area contributed by atoms with Gasteiger partial charge in [-0.1, -0.05) is 6.08 Å². The highest BCUT2D eigenvalue weighted by Gasteiger charge is 2.36. The molecule has 4 unspecified atom stereocenters. The highest BCUT2D eigenvalue weighted by Crippen LogP contribution is 2.48. The number of allylic oxidation sites excluding steroid dienone is 1. The van der Waals surface area contributed by atoms with Crippen LogP contribution >= 0.6 is 0 Å². The molecule has 0 aliphatic heterocycles. The van der Waals surface area contributed by atoms with Crippen LogP contribution in [0.3, 0.4) is 0 Å². The first-order valence-corrected chi connectivity index (χ1v) is 10.9. The van der Waals surface area contributed by atoms with Gasteiger partial charge in [0.1, 0.15) is 11.6 Å². The highest BCUT2D eigenvalue weighted by atomic mass is 19.4. The Morgan fingerprint density at radius 3 is 1.94 bits per heavy atom. The molecule has 4 rings (SSSR count). The topological polar surface area (TPSA) is 9.23 Å². The predicted molar refractivity (Wildman–Crippen MR) is 110 cm³/mol. The third-order valence-corrected chi connectivity index (χ3v) is 7.03. The maximum Gasteiger partial charge on any atom is 0.573 e. The molecule has 0 saturated heterocycles. The molecule has 0 radical (unpaired) electrons. The van der Waals surface area contributed by atoms with E-state index in [2.05, 4.69) is 11.3 Å². The Morgan fingerprint density at radius 2 is 1.36 bits per heavy atom. The normalized spacial score (nSPS) is 25.4. The van der Waals surface area contributed by atoms with E-state index in [4.69, 9.17) is 0 Å². The van der Waals surface area contributed by atoms with Crippen LogP contribution in [-0.2, 0) is 0 Å². The van der Waals surface area contributed by atoms with E-state index in [1.807, 2.05) is 6.08 Å². The minimum absolute atomic E-state index is 0.0272. The first-order valence-electron chi connectivity index (χ1n) is 10.9. The van der Waals surface area contributed by atoms with Crippen molar-refractivity contribution in [3.05, 3.63) is 65.8 Å². The number of halogens is 7. The fraction of sp³-hybridized carbons (Fsp3) is 0.440. The number of ether oxygens (including phenoxy) is 1. The summed E-state index contributed by atoms with van der Waals surface area (Å²) in [6.45, 7) is 3.88. The van der Waals surface area contributed by atoms with Crippen molar-refractivity contribution in [3.63, 3.8) is 0 Å². The van der Waals surface area contributed by atoms with E-state index in [0.29, 0.717) is 35.4 Å². The van der Waals surface area contributed by atoms with E-state index in [9.17, 15) is 30.7 Å². The van der Waals surface area contributed by atoms with Gasteiger partial charge in [0.2, 0.25) is 5.75 Å². The lowest BCUT2D eigenvalue weighted by Gasteiger charge is -2.41. The fourth-order valence-electron chi connectivity index (χ4n) is 5.46. The van der Waals surface area contributed by atoms with E-state index in [1.54, 1.807) is 0 Å². The van der Waals surface area contributed by atoms with E-state index >= 15 is 0 Å². The monoisotopic (exact) mass is 472 g/mol. The number of benzene rings is 2. The minimum Gasteiger partial charge on any atom is -0.399 e. The van der Waals surface area contributed by atoms with Crippen LogP contribution in [0.5, 0.6) is 5.75 Å². The van der Waals surface area contributed by atoms with Crippen LogP contribution in [0.25, 0.3) is 11.1 Å². The van der Waals surface area contributed by atoms with Crippen LogP contribution in [0.1, 0.15) is 50.0 Å². The first-order chi connectivity index (χ1) is 15.6. The van der Waals surface area contributed by atoms with Crippen molar-refractivity contribution in [2.75, 3.05) is 0 Å². The molecule has 1 nitrogen and oxygen atoms in total. The lowest BCUT2D eigenvalue weighted by Crippen LogP contribution is -2.30. The van der Waals surface area contributed by atoms with Crippen LogP contribution in [0.2, 0.25) is 0 Å². The molecule has 0 bridgehead atoms. The average Bonchev–Trinajstić information content (AvgIpc) is 2.74. The maximum atomic E-state index is 14.9. The van der Waals surface area contributed by atoms with Crippen molar-refractivity contribution < 1.29 is 35.5 Å². The summed E-state index contributed by atoms with van der Waals surface area (Å²) in [6, 6.07) is 3.17. The van der Waals surface area contributed by atoms with Gasteiger partial charge in [-0.3, -0.25) is 0 Å². The van der Waals surface area contributed by atoms with Gasteiger partial charge in [-0.25, -0.2) is 17.6 Å². The second kappa shape index (κ2) is 9.03. The molecule has 2 aromatic rings. The lowest BCUT2D eigenvalue weighted by molar-refractivity contribution is -0.276. The smallest absolute Gasteiger partial charge is 0.399 e. The summed E-state index contributed by atoms with van der Waals surface area (Å²) in [5.74, 6) is -5.59. The lowest BCUT2D eigenvalue weighted by atomic mass is 9.64. The molecule has 8 heteroatoms. The Hall–Kier alpha value is -2.51. The van der Waals surface area contributed by atoms with Crippen molar-refractivity contribution in [1.82, 2.24) is 0 Å². The van der Waals surface area contributed by atoms with E-state index in [-0.39, 0.29) is 5.92 Å². The molecule has 4 atom stereocenters. The summed E-state index contributed by atoms with van der Waals surface area (Å²) in [6.07, 6.45) is 2.45. The van der Waals surface area contributed by atoms with Gasteiger partial charge in [0.05, 0.1) is 5.56 Å². The van der Waals surface area contributed by atoms with Crippen LogP contribution in [-0.4, -0.2) is 6.36 Å². The first kappa shape index (κ1) is 23.6. The molecule has 2 aromatic carbocycles. The van der Waals surface area contributed by atoms with Crippen LogP contribution in [0.15, 0.2) is 36.9 Å². The molecule has 2 aliphatic carbocycles. The molecule has 0 heterocycles. The predicted octanol–water partition coefficient (Wildman–Crippen LogP) is 8.29. The van der Waals surface area contributed by atoms with Crippen LogP contribution < -0.4 is 4.74 Å². The second-order valence-corrected chi connectivity index (χ2v) is 9.02. The van der Waals surface area contributed by atoms with Gasteiger partial charge >= 0.3 is 6.36 Å². The summed E-state index contributed by atoms with van der Waals surface area (Å²) in [4.78, 5) is 0. The Balaban J connectivity index is 1.58. The van der Waals surface area contributed by atoms with Crippen molar-refractivity contribution in [1.29, 1.82) is 0 Å². The molecule has 2 aliphatic rings. The number of hydrogen-bond acceptors (Lipinski definition) is 1.